The van der Waals surface area contributed by atoms with Crippen molar-refractivity contribution in [2.75, 3.05) is 0 Å². The van der Waals surface area contributed by atoms with Gasteiger partial charge in [0.05, 0.1) is 0 Å². The van der Waals surface area contributed by atoms with Gasteiger partial charge in [0, 0.05) is 6.92 Å². The van der Waals surface area contributed by atoms with Crippen molar-refractivity contribution in [2.24, 2.45) is 0 Å². The molecule has 20 heavy (non-hydrogen) atoms. The van der Waals surface area contributed by atoms with Crippen LogP contribution in [0.5, 0.6) is 0 Å². The highest BCUT2D eigenvalue weighted by Gasteiger charge is 2.29. The van der Waals surface area contributed by atoms with Crippen molar-refractivity contribution in [3.63, 3.8) is 0 Å². The minimum atomic E-state index is -3.27. The molecule has 0 heterocycles. The number of alkyl halides is 2. The minimum Gasteiger partial charge on any atom is -0.288 e. The number of carbonyl (C=O) groups is 1. The third-order valence-corrected chi connectivity index (χ3v) is 2.93. The molecule has 0 fully saturated rings. The Bertz CT molecular complexity index is 405. The van der Waals surface area contributed by atoms with E-state index in [0.29, 0.717) is 18.9 Å². The predicted molar refractivity (Wildman–Crippen MR) is 81.0 cm³/mol. The molecule has 0 bridgehead atoms. The molecule has 0 aromatic rings. The van der Waals surface area contributed by atoms with Crippen LogP contribution in [0.2, 0.25) is 0 Å². The average Bonchev–Trinajstić information content (AvgIpc) is 2.26. The van der Waals surface area contributed by atoms with Gasteiger partial charge in [-0.1, -0.05) is 28.9 Å². The zero-order chi connectivity index (χ0) is 15.8. The van der Waals surface area contributed by atoms with E-state index in [1.165, 1.54) is 11.1 Å². The first-order chi connectivity index (χ1) is 9.12. The molecule has 0 saturated carbocycles. The molecule has 0 saturated heterocycles. The van der Waals surface area contributed by atoms with Crippen LogP contribution in [0, 0.1) is 0 Å². The highest BCUT2D eigenvalue weighted by Crippen LogP contribution is 2.16. The van der Waals surface area contributed by atoms with Gasteiger partial charge in [0.2, 0.25) is 5.78 Å². The van der Waals surface area contributed by atoms with E-state index in [9.17, 15) is 13.6 Å². The number of allylic oxidation sites excluding steroid dienone is 6. The zero-order valence-corrected chi connectivity index (χ0v) is 13.2. The number of halogens is 2. The Hall–Kier alpha value is -1.25. The monoisotopic (exact) mass is 284 g/mol. The summed E-state index contributed by atoms with van der Waals surface area (Å²) in [6.45, 7) is 8.58. The first-order valence-electron chi connectivity index (χ1n) is 7.01. The summed E-state index contributed by atoms with van der Waals surface area (Å²) in [4.78, 5) is 11.1. The van der Waals surface area contributed by atoms with Crippen molar-refractivity contribution in [3.8, 4) is 0 Å². The van der Waals surface area contributed by atoms with Gasteiger partial charge in [0.25, 0.3) is 0 Å². The van der Waals surface area contributed by atoms with Crippen LogP contribution in [0.1, 0.15) is 60.3 Å². The third-order valence-electron chi connectivity index (χ3n) is 2.93. The Morgan fingerprint density at radius 3 is 1.95 bits per heavy atom. The summed E-state index contributed by atoms with van der Waals surface area (Å²) in [6, 6.07) is 0. The molecule has 114 valence electrons. The topological polar surface area (TPSA) is 17.1 Å². The van der Waals surface area contributed by atoms with Crippen molar-refractivity contribution >= 4 is 5.78 Å². The molecule has 0 spiro atoms. The number of hydrogen-bond acceptors (Lipinski definition) is 1. The van der Waals surface area contributed by atoms with Crippen LogP contribution < -0.4 is 0 Å². The average molecular weight is 284 g/mol. The Labute approximate surface area is 121 Å². The molecule has 0 N–H and O–H groups in total. The summed E-state index contributed by atoms with van der Waals surface area (Å²) in [5.74, 6) is -4.38. The van der Waals surface area contributed by atoms with Crippen molar-refractivity contribution in [2.45, 2.75) is 66.2 Å². The van der Waals surface area contributed by atoms with Crippen LogP contribution in [0.25, 0.3) is 0 Å². The Balaban J connectivity index is 4.19. The number of rotatable bonds is 8. The van der Waals surface area contributed by atoms with Crippen molar-refractivity contribution in [3.05, 3.63) is 34.9 Å². The SMILES string of the molecule is CC(C)=CCCC(C)=CCCC(C)=CC(=O)C(C)(F)F. The molecule has 0 aromatic carbocycles. The molecule has 0 aliphatic heterocycles. The predicted octanol–water partition coefficient (Wildman–Crippen LogP) is 5.63. The van der Waals surface area contributed by atoms with Crippen LogP contribution >= 0.6 is 0 Å². The molecular weight excluding hydrogens is 258 g/mol. The summed E-state index contributed by atoms with van der Waals surface area (Å²) in [6.07, 6.45) is 8.84. The molecule has 1 nitrogen and oxygen atoms in total. The lowest BCUT2D eigenvalue weighted by molar-refractivity contribution is -0.135. The summed E-state index contributed by atoms with van der Waals surface area (Å²) < 4.78 is 25.4. The highest BCUT2D eigenvalue weighted by molar-refractivity contribution is 5.95. The van der Waals surface area contributed by atoms with Crippen LogP contribution in [-0.2, 0) is 4.79 Å². The normalized spacial score (nSPS) is 13.3. The van der Waals surface area contributed by atoms with E-state index in [-0.39, 0.29) is 0 Å². The molecular formula is C17H26F2O. The van der Waals surface area contributed by atoms with Gasteiger partial charge in [0.15, 0.2) is 0 Å². The minimum absolute atomic E-state index is 0.631. The van der Waals surface area contributed by atoms with Gasteiger partial charge in [-0.3, -0.25) is 4.79 Å². The van der Waals surface area contributed by atoms with Gasteiger partial charge in [-0.05, 0) is 59.5 Å². The lowest BCUT2D eigenvalue weighted by Gasteiger charge is -2.06. The van der Waals surface area contributed by atoms with Gasteiger partial charge >= 0.3 is 5.92 Å². The smallest absolute Gasteiger partial charge is 0.288 e. The number of hydrogen-bond donors (Lipinski definition) is 0. The first kappa shape index (κ1) is 18.8. The molecule has 0 amide bonds. The van der Waals surface area contributed by atoms with E-state index in [1.807, 2.05) is 0 Å². The Kier molecular flexibility index (Phi) is 8.28. The highest BCUT2D eigenvalue weighted by atomic mass is 19.3. The van der Waals surface area contributed by atoms with E-state index < -0.39 is 11.7 Å². The lowest BCUT2D eigenvalue weighted by atomic mass is 10.0. The molecule has 0 unspecified atom stereocenters. The Morgan fingerprint density at radius 2 is 1.45 bits per heavy atom. The van der Waals surface area contributed by atoms with Gasteiger partial charge in [0.1, 0.15) is 0 Å². The van der Waals surface area contributed by atoms with Crippen LogP contribution in [0.15, 0.2) is 34.9 Å². The number of carbonyl (C=O) groups excluding carboxylic acids is 1. The molecule has 0 aliphatic carbocycles. The maximum Gasteiger partial charge on any atom is 0.306 e. The van der Waals surface area contributed by atoms with E-state index in [2.05, 4.69) is 32.9 Å². The fourth-order valence-corrected chi connectivity index (χ4v) is 1.66. The van der Waals surface area contributed by atoms with Crippen LogP contribution in [0.4, 0.5) is 8.78 Å². The maximum atomic E-state index is 12.7. The van der Waals surface area contributed by atoms with E-state index >= 15 is 0 Å². The quantitative estimate of drug-likeness (QED) is 0.417. The van der Waals surface area contributed by atoms with Crippen molar-refractivity contribution in [1.29, 1.82) is 0 Å². The summed E-state index contributed by atoms with van der Waals surface area (Å²) in [5, 5.41) is 0. The Morgan fingerprint density at radius 1 is 0.950 bits per heavy atom. The van der Waals surface area contributed by atoms with Gasteiger partial charge < -0.3 is 0 Å². The molecule has 0 radical (unpaired) electrons. The fraction of sp³-hybridized carbons (Fsp3) is 0.588. The number of ketones is 1. The second kappa shape index (κ2) is 8.83. The molecule has 0 aromatic heterocycles. The summed E-state index contributed by atoms with van der Waals surface area (Å²) in [5.41, 5.74) is 3.31. The molecule has 0 aliphatic rings. The lowest BCUT2D eigenvalue weighted by Crippen LogP contribution is -2.22. The van der Waals surface area contributed by atoms with Gasteiger partial charge in [-0.2, -0.15) is 8.78 Å². The summed E-state index contributed by atoms with van der Waals surface area (Å²) in [7, 11) is 0. The maximum absolute atomic E-state index is 12.7. The van der Waals surface area contributed by atoms with Gasteiger partial charge in [-0.15, -0.1) is 0 Å². The van der Waals surface area contributed by atoms with E-state index in [4.69, 9.17) is 0 Å². The van der Waals surface area contributed by atoms with Crippen LogP contribution in [0.3, 0.4) is 0 Å². The van der Waals surface area contributed by atoms with Gasteiger partial charge in [-0.25, -0.2) is 0 Å². The standard InChI is InChI=1S/C17H26F2O/c1-13(2)8-6-9-14(3)10-7-11-15(4)12-16(20)17(5,18)19/h8,10,12H,6-7,9,11H2,1-5H3. The van der Waals surface area contributed by atoms with Crippen LogP contribution in [-0.4, -0.2) is 11.7 Å². The largest absolute Gasteiger partial charge is 0.306 e. The van der Waals surface area contributed by atoms with E-state index in [1.54, 1.807) is 6.92 Å². The summed E-state index contributed by atoms with van der Waals surface area (Å²) >= 11 is 0. The second-order valence-electron chi connectivity index (χ2n) is 5.65. The van der Waals surface area contributed by atoms with E-state index in [0.717, 1.165) is 25.3 Å². The second-order valence-corrected chi connectivity index (χ2v) is 5.65. The van der Waals surface area contributed by atoms with Crippen molar-refractivity contribution in [1.82, 2.24) is 0 Å². The van der Waals surface area contributed by atoms with Crippen molar-refractivity contribution < 1.29 is 13.6 Å². The first-order valence-corrected chi connectivity index (χ1v) is 7.01. The molecule has 0 rings (SSSR count). The zero-order valence-electron chi connectivity index (χ0n) is 13.2. The fourth-order valence-electron chi connectivity index (χ4n) is 1.66. The third kappa shape index (κ3) is 9.65. The molecule has 0 atom stereocenters. The molecule has 3 heteroatoms.